The summed E-state index contributed by atoms with van der Waals surface area (Å²) in [5.41, 5.74) is 0.604. The van der Waals surface area contributed by atoms with E-state index in [-0.39, 0.29) is 10.9 Å². The molecule has 1 aromatic rings. The molecular formula is C16H25N3O4S. The average Bonchev–Trinajstić information content (AvgIpc) is 2.83. The number of hydrogen-bond acceptors (Lipinski definition) is 6. The van der Waals surface area contributed by atoms with Crippen molar-refractivity contribution in [3.63, 3.8) is 0 Å². The first-order valence-corrected chi connectivity index (χ1v) is 9.68. The molecule has 1 atom stereocenters. The highest BCUT2D eigenvalue weighted by Gasteiger charge is 2.36. The number of amides is 1. The molecular weight excluding hydrogens is 330 g/mol. The Labute approximate surface area is 143 Å². The summed E-state index contributed by atoms with van der Waals surface area (Å²) < 4.78 is 30.7. The molecule has 1 saturated heterocycles. The maximum absolute atomic E-state index is 12.6. The summed E-state index contributed by atoms with van der Waals surface area (Å²) in [6, 6.07) is 1.32. The molecule has 0 aromatic carbocycles. The van der Waals surface area contributed by atoms with E-state index in [1.54, 1.807) is 40.7 Å². The van der Waals surface area contributed by atoms with Crippen molar-refractivity contribution in [1.82, 2.24) is 14.9 Å². The van der Waals surface area contributed by atoms with Gasteiger partial charge in [0.15, 0.2) is 0 Å². The van der Waals surface area contributed by atoms with Crippen LogP contribution in [-0.2, 0) is 14.6 Å². The molecule has 1 amide bonds. The molecule has 0 N–H and O–H groups in total. The normalized spacial score (nSPS) is 18.7. The van der Waals surface area contributed by atoms with Crippen molar-refractivity contribution in [2.24, 2.45) is 0 Å². The highest BCUT2D eigenvalue weighted by atomic mass is 32.2. The molecule has 0 spiro atoms. The first-order chi connectivity index (χ1) is 11.0. The van der Waals surface area contributed by atoms with E-state index in [0.717, 1.165) is 6.42 Å². The molecule has 7 nitrogen and oxygen atoms in total. The Morgan fingerprint density at radius 3 is 2.42 bits per heavy atom. The van der Waals surface area contributed by atoms with E-state index in [4.69, 9.17) is 4.74 Å². The molecule has 0 radical (unpaired) electrons. The molecule has 1 aliphatic rings. The van der Waals surface area contributed by atoms with Gasteiger partial charge in [-0.3, -0.25) is 0 Å². The second kappa shape index (κ2) is 6.66. The monoisotopic (exact) mass is 355 g/mol. The van der Waals surface area contributed by atoms with Gasteiger partial charge in [0.1, 0.15) is 5.60 Å². The van der Waals surface area contributed by atoms with Gasteiger partial charge in [-0.1, -0.05) is 0 Å². The molecule has 0 saturated carbocycles. The molecule has 24 heavy (non-hydrogen) atoms. The van der Waals surface area contributed by atoms with E-state index in [0.29, 0.717) is 24.4 Å². The molecule has 0 bridgehead atoms. The van der Waals surface area contributed by atoms with Crippen LogP contribution >= 0.6 is 0 Å². The Balaban J connectivity index is 2.17. The predicted octanol–water partition coefficient (Wildman–Crippen LogP) is 2.27. The van der Waals surface area contributed by atoms with Crippen LogP contribution in [0.2, 0.25) is 0 Å². The van der Waals surface area contributed by atoms with Crippen LogP contribution in [0.4, 0.5) is 4.79 Å². The number of nitrogens with zero attached hydrogens (tertiary/aromatic N) is 3. The van der Waals surface area contributed by atoms with Crippen molar-refractivity contribution >= 4 is 15.9 Å². The van der Waals surface area contributed by atoms with E-state index in [1.807, 2.05) is 0 Å². The zero-order valence-corrected chi connectivity index (χ0v) is 15.7. The number of carbonyl (C=O) groups excluding carboxylic acids is 1. The van der Waals surface area contributed by atoms with E-state index >= 15 is 0 Å². The highest BCUT2D eigenvalue weighted by molar-refractivity contribution is 7.91. The smallest absolute Gasteiger partial charge is 0.410 e. The predicted molar refractivity (Wildman–Crippen MR) is 89.5 cm³/mol. The second-order valence-corrected chi connectivity index (χ2v) is 9.11. The number of rotatable bonds is 3. The van der Waals surface area contributed by atoms with Crippen molar-refractivity contribution in [2.45, 2.75) is 64.3 Å². The molecule has 8 heteroatoms. The Morgan fingerprint density at radius 2 is 1.88 bits per heavy atom. The molecule has 2 rings (SSSR count). The first-order valence-electron chi connectivity index (χ1n) is 8.02. The SMILES string of the molecule is Cc1cc(C)nc(S(=O)(=O)CC2CCCN2C(=O)OC(C)(C)C)n1. The number of hydrogen-bond donors (Lipinski definition) is 0. The van der Waals surface area contributed by atoms with Gasteiger partial charge in [-0.05, 0) is 53.5 Å². The lowest BCUT2D eigenvalue weighted by Gasteiger charge is -2.28. The standard InChI is InChI=1S/C16H25N3O4S/c1-11-9-12(2)18-14(17-11)24(21,22)10-13-7-6-8-19(13)15(20)23-16(3,4)5/h9,13H,6-8,10H2,1-5H3. The van der Waals surface area contributed by atoms with Gasteiger partial charge in [-0.25, -0.2) is 23.2 Å². The van der Waals surface area contributed by atoms with Gasteiger partial charge in [-0.2, -0.15) is 0 Å². The van der Waals surface area contributed by atoms with Crippen molar-refractivity contribution in [1.29, 1.82) is 0 Å². The zero-order chi connectivity index (χ0) is 18.1. The zero-order valence-electron chi connectivity index (χ0n) is 14.9. The lowest BCUT2D eigenvalue weighted by Crippen LogP contribution is -2.42. The summed E-state index contributed by atoms with van der Waals surface area (Å²) in [6.45, 7) is 9.33. The van der Waals surface area contributed by atoms with Crippen LogP contribution in [0, 0.1) is 13.8 Å². The van der Waals surface area contributed by atoms with Crippen molar-refractivity contribution in [3.8, 4) is 0 Å². The number of carbonyl (C=O) groups is 1. The Morgan fingerprint density at radius 1 is 1.29 bits per heavy atom. The minimum absolute atomic E-state index is 0.170. The van der Waals surface area contributed by atoms with E-state index in [1.165, 1.54) is 4.90 Å². The number of aromatic nitrogens is 2. The van der Waals surface area contributed by atoms with E-state index < -0.39 is 27.6 Å². The van der Waals surface area contributed by atoms with Gasteiger partial charge in [0.25, 0.3) is 0 Å². The molecule has 0 aliphatic carbocycles. The van der Waals surface area contributed by atoms with Crippen LogP contribution in [-0.4, -0.2) is 53.3 Å². The Kier molecular flexibility index (Phi) is 5.17. The number of ether oxygens (including phenoxy) is 1. The number of likely N-dealkylation sites (tertiary alicyclic amines) is 1. The Hall–Kier alpha value is -1.70. The van der Waals surface area contributed by atoms with Crippen LogP contribution in [0.5, 0.6) is 0 Å². The summed E-state index contributed by atoms with van der Waals surface area (Å²) in [5.74, 6) is -0.185. The lowest BCUT2D eigenvalue weighted by atomic mass is 10.2. The highest BCUT2D eigenvalue weighted by Crippen LogP contribution is 2.23. The quantitative estimate of drug-likeness (QED) is 0.773. The minimum Gasteiger partial charge on any atom is -0.444 e. The molecule has 1 fully saturated rings. The van der Waals surface area contributed by atoms with Crippen molar-refractivity contribution in [2.75, 3.05) is 12.3 Å². The van der Waals surface area contributed by atoms with E-state index in [9.17, 15) is 13.2 Å². The summed E-state index contributed by atoms with van der Waals surface area (Å²) in [4.78, 5) is 21.9. The van der Waals surface area contributed by atoms with Gasteiger partial charge in [0, 0.05) is 24.0 Å². The number of aryl methyl sites for hydroxylation is 2. The third-order valence-corrected chi connectivity index (χ3v) is 5.22. The summed E-state index contributed by atoms with van der Waals surface area (Å²) in [5, 5.41) is -0.170. The summed E-state index contributed by atoms with van der Waals surface area (Å²) >= 11 is 0. The molecule has 1 aliphatic heterocycles. The van der Waals surface area contributed by atoms with E-state index in [2.05, 4.69) is 9.97 Å². The van der Waals surface area contributed by atoms with Gasteiger partial charge in [0.2, 0.25) is 15.0 Å². The van der Waals surface area contributed by atoms with Gasteiger partial charge in [-0.15, -0.1) is 0 Å². The maximum atomic E-state index is 12.6. The topological polar surface area (TPSA) is 89.5 Å². The third kappa shape index (κ3) is 4.66. The molecule has 1 aromatic heterocycles. The largest absolute Gasteiger partial charge is 0.444 e. The fourth-order valence-corrected chi connectivity index (χ4v) is 4.30. The second-order valence-electron chi connectivity index (χ2n) is 7.18. The molecule has 2 heterocycles. The van der Waals surface area contributed by atoms with Crippen LogP contribution in [0.3, 0.4) is 0 Å². The van der Waals surface area contributed by atoms with Crippen LogP contribution in [0.15, 0.2) is 11.2 Å². The fraction of sp³-hybridized carbons (Fsp3) is 0.688. The summed E-state index contributed by atoms with van der Waals surface area (Å²) in [6.07, 6.45) is 0.915. The summed E-state index contributed by atoms with van der Waals surface area (Å²) in [7, 11) is -3.67. The molecule has 1 unspecified atom stereocenters. The van der Waals surface area contributed by atoms with Crippen molar-refractivity contribution in [3.05, 3.63) is 17.5 Å². The average molecular weight is 355 g/mol. The fourth-order valence-electron chi connectivity index (χ4n) is 2.73. The number of sulfone groups is 1. The maximum Gasteiger partial charge on any atom is 0.410 e. The van der Waals surface area contributed by atoms with Gasteiger partial charge < -0.3 is 9.64 Å². The van der Waals surface area contributed by atoms with Gasteiger partial charge >= 0.3 is 6.09 Å². The third-order valence-electron chi connectivity index (χ3n) is 3.66. The lowest BCUT2D eigenvalue weighted by molar-refractivity contribution is 0.0241. The van der Waals surface area contributed by atoms with Crippen molar-refractivity contribution < 1.29 is 17.9 Å². The van der Waals surface area contributed by atoms with Gasteiger partial charge in [0.05, 0.1) is 5.75 Å². The Bertz CT molecular complexity index is 705. The van der Waals surface area contributed by atoms with Crippen LogP contribution in [0.1, 0.15) is 45.0 Å². The van der Waals surface area contributed by atoms with Crippen LogP contribution < -0.4 is 0 Å². The van der Waals surface area contributed by atoms with Crippen LogP contribution in [0.25, 0.3) is 0 Å². The first kappa shape index (κ1) is 18.6. The molecule has 134 valence electrons. The minimum atomic E-state index is -3.67.